The summed E-state index contributed by atoms with van der Waals surface area (Å²) in [5, 5.41) is 2.02. The molecule has 1 aromatic heterocycles. The van der Waals surface area contributed by atoms with Crippen LogP contribution < -0.4 is 0 Å². The third-order valence-electron chi connectivity index (χ3n) is 6.10. The largest absolute Gasteiger partial charge is 0.308 e. The molecule has 2 amide bonds. The Balaban J connectivity index is 1.77. The summed E-state index contributed by atoms with van der Waals surface area (Å²) in [6.45, 7) is 0. The lowest BCUT2D eigenvalue weighted by atomic mass is 10.0. The normalized spacial score (nSPS) is 13.4. The van der Waals surface area contributed by atoms with Crippen LogP contribution in [0.15, 0.2) is 91.0 Å². The maximum atomic E-state index is 13.1. The summed E-state index contributed by atoms with van der Waals surface area (Å²) in [7, 11) is 1.54. The van der Waals surface area contributed by atoms with Crippen molar-refractivity contribution in [3.05, 3.63) is 102 Å². The van der Waals surface area contributed by atoms with Gasteiger partial charge in [0, 0.05) is 23.5 Å². The highest BCUT2D eigenvalue weighted by atomic mass is 16.2. The minimum Gasteiger partial charge on any atom is -0.308 e. The van der Waals surface area contributed by atoms with Gasteiger partial charge in [-0.3, -0.25) is 14.5 Å². The molecule has 0 saturated heterocycles. The molecule has 4 nitrogen and oxygen atoms in total. The fourth-order valence-corrected chi connectivity index (χ4v) is 4.60. The second kappa shape index (κ2) is 6.41. The van der Waals surface area contributed by atoms with E-state index in [0.717, 1.165) is 38.6 Å². The molecule has 0 spiro atoms. The number of hydrogen-bond donors (Lipinski definition) is 0. The molecule has 148 valence electrons. The third-order valence-corrected chi connectivity index (χ3v) is 6.10. The SMILES string of the molecule is CN1C(=O)c2ccc3c4cc(-c5ccccc5)ccc4n(-c4ccccc4)c3c2C1=O. The van der Waals surface area contributed by atoms with Gasteiger partial charge in [0.15, 0.2) is 0 Å². The minimum absolute atomic E-state index is 0.253. The second-order valence-electron chi connectivity index (χ2n) is 7.82. The molecular formula is C27H18N2O2. The Kier molecular flexibility index (Phi) is 3.65. The Hall–Kier alpha value is -4.18. The first-order valence-electron chi connectivity index (χ1n) is 10.2. The van der Waals surface area contributed by atoms with Crippen molar-refractivity contribution < 1.29 is 9.59 Å². The van der Waals surface area contributed by atoms with Crippen molar-refractivity contribution in [1.82, 2.24) is 9.47 Å². The zero-order chi connectivity index (χ0) is 21.1. The van der Waals surface area contributed by atoms with E-state index in [-0.39, 0.29) is 11.8 Å². The molecular weight excluding hydrogens is 384 g/mol. The number of carbonyl (C=O) groups is 2. The smallest absolute Gasteiger partial charge is 0.263 e. The Morgan fingerprint density at radius 2 is 1.35 bits per heavy atom. The fourth-order valence-electron chi connectivity index (χ4n) is 4.60. The van der Waals surface area contributed by atoms with E-state index in [2.05, 4.69) is 34.9 Å². The van der Waals surface area contributed by atoms with Gasteiger partial charge in [0.1, 0.15) is 0 Å². The Morgan fingerprint density at radius 3 is 2.10 bits per heavy atom. The number of aromatic nitrogens is 1. The zero-order valence-electron chi connectivity index (χ0n) is 16.9. The summed E-state index contributed by atoms with van der Waals surface area (Å²) in [6, 6.07) is 30.3. The molecule has 6 rings (SSSR count). The van der Waals surface area contributed by atoms with E-state index in [1.54, 1.807) is 13.1 Å². The minimum atomic E-state index is -0.256. The van der Waals surface area contributed by atoms with Crippen molar-refractivity contribution in [2.24, 2.45) is 0 Å². The van der Waals surface area contributed by atoms with Crippen molar-refractivity contribution >= 4 is 33.6 Å². The maximum absolute atomic E-state index is 13.1. The predicted octanol–water partition coefficient (Wildman–Crippen LogP) is 5.68. The highest BCUT2D eigenvalue weighted by molar-refractivity contribution is 6.28. The standard InChI is InChI=1S/C27H18N2O2/c1-28-26(30)21-14-13-20-22-16-18(17-8-4-2-5-9-17)12-15-23(22)29(19-10-6-3-7-11-19)25(20)24(21)27(28)31/h2-16H,1H3. The summed E-state index contributed by atoms with van der Waals surface area (Å²) in [6.07, 6.45) is 0. The third kappa shape index (κ3) is 2.42. The molecule has 0 unspecified atom stereocenters. The van der Waals surface area contributed by atoms with Crippen LogP contribution in [0.25, 0.3) is 38.6 Å². The van der Waals surface area contributed by atoms with Crippen LogP contribution in [0.3, 0.4) is 0 Å². The van der Waals surface area contributed by atoms with Gasteiger partial charge in [0.2, 0.25) is 0 Å². The van der Waals surface area contributed by atoms with Gasteiger partial charge in [-0.25, -0.2) is 0 Å². The van der Waals surface area contributed by atoms with Crippen LogP contribution in [0.2, 0.25) is 0 Å². The van der Waals surface area contributed by atoms with Crippen molar-refractivity contribution in [3.8, 4) is 16.8 Å². The van der Waals surface area contributed by atoms with Crippen molar-refractivity contribution in [1.29, 1.82) is 0 Å². The van der Waals surface area contributed by atoms with E-state index >= 15 is 0 Å². The van der Waals surface area contributed by atoms with Crippen LogP contribution in [0.1, 0.15) is 20.7 Å². The number of rotatable bonds is 2. The van der Waals surface area contributed by atoms with Gasteiger partial charge in [-0.05, 0) is 41.5 Å². The van der Waals surface area contributed by atoms with E-state index in [1.807, 2.05) is 54.6 Å². The summed E-state index contributed by atoms with van der Waals surface area (Å²) in [5.74, 6) is -0.509. The lowest BCUT2D eigenvalue weighted by Crippen LogP contribution is -2.24. The lowest BCUT2D eigenvalue weighted by molar-refractivity contribution is 0.0693. The van der Waals surface area contributed by atoms with Crippen LogP contribution in [0.4, 0.5) is 0 Å². The number of fused-ring (bicyclic) bond motifs is 5. The highest BCUT2D eigenvalue weighted by Gasteiger charge is 2.36. The van der Waals surface area contributed by atoms with Crippen molar-refractivity contribution in [2.45, 2.75) is 0 Å². The molecule has 31 heavy (non-hydrogen) atoms. The predicted molar refractivity (Wildman–Crippen MR) is 123 cm³/mol. The van der Waals surface area contributed by atoms with Crippen LogP contribution in [0, 0.1) is 0 Å². The number of imide groups is 1. The zero-order valence-corrected chi connectivity index (χ0v) is 16.9. The average Bonchev–Trinajstić information content (AvgIpc) is 3.27. The average molecular weight is 402 g/mol. The van der Waals surface area contributed by atoms with Crippen molar-refractivity contribution in [3.63, 3.8) is 0 Å². The molecule has 2 heterocycles. The van der Waals surface area contributed by atoms with Gasteiger partial charge in [-0.1, -0.05) is 60.7 Å². The van der Waals surface area contributed by atoms with E-state index in [9.17, 15) is 9.59 Å². The number of nitrogens with zero attached hydrogens (tertiary/aromatic N) is 2. The summed E-state index contributed by atoms with van der Waals surface area (Å²) in [5.41, 5.74) is 5.93. The molecule has 1 aliphatic heterocycles. The van der Waals surface area contributed by atoms with Crippen LogP contribution >= 0.6 is 0 Å². The van der Waals surface area contributed by atoms with Gasteiger partial charge in [-0.2, -0.15) is 0 Å². The Morgan fingerprint density at radius 1 is 0.645 bits per heavy atom. The molecule has 5 aromatic rings. The van der Waals surface area contributed by atoms with Gasteiger partial charge < -0.3 is 4.57 Å². The van der Waals surface area contributed by atoms with E-state index in [0.29, 0.717) is 11.1 Å². The number of hydrogen-bond acceptors (Lipinski definition) is 2. The molecule has 0 N–H and O–H groups in total. The molecule has 0 bridgehead atoms. The highest BCUT2D eigenvalue weighted by Crippen LogP contribution is 2.39. The first-order chi connectivity index (χ1) is 15.1. The number of amides is 2. The Labute approximate surface area is 178 Å². The molecule has 0 aliphatic carbocycles. The van der Waals surface area contributed by atoms with Gasteiger partial charge in [-0.15, -0.1) is 0 Å². The van der Waals surface area contributed by atoms with Crippen LogP contribution in [0.5, 0.6) is 0 Å². The summed E-state index contributed by atoms with van der Waals surface area (Å²) < 4.78 is 2.10. The Bertz CT molecular complexity index is 1520. The second-order valence-corrected chi connectivity index (χ2v) is 7.82. The quantitative estimate of drug-likeness (QED) is 0.357. The number of carbonyl (C=O) groups excluding carboxylic acids is 2. The van der Waals surface area contributed by atoms with Gasteiger partial charge in [0.25, 0.3) is 11.8 Å². The molecule has 0 radical (unpaired) electrons. The fraction of sp³-hybridized carbons (Fsp3) is 0.0370. The number of para-hydroxylation sites is 1. The molecule has 4 aromatic carbocycles. The summed E-state index contributed by atoms with van der Waals surface area (Å²) >= 11 is 0. The van der Waals surface area contributed by atoms with E-state index in [1.165, 1.54) is 4.90 Å². The van der Waals surface area contributed by atoms with E-state index in [4.69, 9.17) is 0 Å². The maximum Gasteiger partial charge on any atom is 0.263 e. The van der Waals surface area contributed by atoms with E-state index < -0.39 is 0 Å². The lowest BCUT2D eigenvalue weighted by Gasteiger charge is -2.10. The van der Waals surface area contributed by atoms with Crippen molar-refractivity contribution in [2.75, 3.05) is 7.05 Å². The molecule has 0 atom stereocenters. The molecule has 0 fully saturated rings. The van der Waals surface area contributed by atoms with Gasteiger partial charge >= 0.3 is 0 Å². The first kappa shape index (κ1) is 17.7. The van der Waals surface area contributed by atoms with Crippen LogP contribution in [-0.2, 0) is 0 Å². The van der Waals surface area contributed by atoms with Crippen LogP contribution in [-0.4, -0.2) is 28.3 Å². The number of benzene rings is 4. The first-order valence-corrected chi connectivity index (χ1v) is 10.2. The molecule has 4 heteroatoms. The monoisotopic (exact) mass is 402 g/mol. The molecule has 0 saturated carbocycles. The van der Waals surface area contributed by atoms with Gasteiger partial charge in [0.05, 0.1) is 22.2 Å². The summed E-state index contributed by atoms with van der Waals surface area (Å²) in [4.78, 5) is 26.9. The topological polar surface area (TPSA) is 42.3 Å². The molecule has 1 aliphatic rings.